The van der Waals surface area contributed by atoms with E-state index in [1.807, 2.05) is 0 Å². The van der Waals surface area contributed by atoms with Crippen LogP contribution < -0.4 is 20.1 Å². The molecule has 3 aromatic carbocycles. The first-order valence-electron chi connectivity index (χ1n) is 13.4. The van der Waals surface area contributed by atoms with E-state index in [1.54, 1.807) is 48.7 Å². The summed E-state index contributed by atoms with van der Waals surface area (Å²) >= 11 is 0. The first-order valence-corrected chi connectivity index (χ1v) is 13.4. The van der Waals surface area contributed by atoms with E-state index in [2.05, 4.69) is 26.6 Å². The second kappa shape index (κ2) is 13.1. The van der Waals surface area contributed by atoms with Crippen LogP contribution in [0, 0.1) is 17.1 Å². The first kappa shape index (κ1) is 27.8. The molecule has 210 valence electrons. The van der Waals surface area contributed by atoms with E-state index in [1.165, 1.54) is 30.7 Å². The molecular formula is C31H30FN5O4. The van der Waals surface area contributed by atoms with Crippen LogP contribution in [0.3, 0.4) is 0 Å². The second-order valence-electron chi connectivity index (χ2n) is 9.82. The van der Waals surface area contributed by atoms with Gasteiger partial charge in [0.2, 0.25) is 0 Å². The summed E-state index contributed by atoms with van der Waals surface area (Å²) in [4.78, 5) is 18.9. The lowest BCUT2D eigenvalue weighted by molar-refractivity contribution is 0.0617. The minimum atomic E-state index is -0.663. The molecule has 1 aliphatic rings. The Balaban J connectivity index is 1.23. The van der Waals surface area contributed by atoms with Crippen molar-refractivity contribution in [1.29, 1.82) is 5.26 Å². The van der Waals surface area contributed by atoms with E-state index in [4.69, 9.17) is 9.47 Å². The summed E-state index contributed by atoms with van der Waals surface area (Å²) in [5.41, 5.74) is 1.89. The van der Waals surface area contributed by atoms with E-state index < -0.39 is 12.1 Å². The molecule has 9 nitrogen and oxygen atoms in total. The van der Waals surface area contributed by atoms with Gasteiger partial charge in [0.15, 0.2) is 0 Å². The number of carbonyl (C=O) groups is 1. The molecule has 1 aromatic heterocycles. The summed E-state index contributed by atoms with van der Waals surface area (Å²) in [6.45, 7) is 2.58. The van der Waals surface area contributed by atoms with Gasteiger partial charge in [0, 0.05) is 35.6 Å². The number of piperidine rings is 1. The number of carbonyl (C=O) groups excluding carboxylic acids is 1. The van der Waals surface area contributed by atoms with Gasteiger partial charge >= 0.3 is 6.03 Å². The number of ether oxygens (including phenoxy) is 2. The largest absolute Gasteiger partial charge is 0.489 e. The molecule has 0 unspecified atom stereocenters. The van der Waals surface area contributed by atoms with E-state index >= 15 is 0 Å². The maximum atomic E-state index is 13.1. The number of hydrogen-bond acceptors (Lipinski definition) is 7. The molecular weight excluding hydrogens is 525 g/mol. The minimum absolute atomic E-state index is 0.0786. The highest BCUT2D eigenvalue weighted by Crippen LogP contribution is 2.33. The predicted octanol–water partition coefficient (Wildman–Crippen LogP) is 5.91. The lowest BCUT2D eigenvalue weighted by Crippen LogP contribution is -2.38. The number of rotatable bonds is 9. The van der Waals surface area contributed by atoms with Gasteiger partial charge in [-0.15, -0.1) is 0 Å². The van der Waals surface area contributed by atoms with Crippen LogP contribution in [0.25, 0.3) is 10.9 Å². The smallest absolute Gasteiger partial charge is 0.323 e. The summed E-state index contributed by atoms with van der Waals surface area (Å²) in [5.74, 6) is 0.987. The van der Waals surface area contributed by atoms with Gasteiger partial charge in [-0.2, -0.15) is 5.26 Å². The number of pyridine rings is 1. The molecule has 1 atom stereocenters. The number of fused-ring (bicyclic) bond motifs is 1. The van der Waals surface area contributed by atoms with Crippen LogP contribution in [0.5, 0.6) is 17.2 Å². The number of nitrogens with one attached hydrogen (secondary N) is 2. The Bertz CT molecular complexity index is 1530. The zero-order chi connectivity index (χ0) is 28.6. The van der Waals surface area contributed by atoms with Crippen molar-refractivity contribution in [2.45, 2.75) is 25.4 Å². The molecule has 2 amide bonds. The molecule has 41 heavy (non-hydrogen) atoms. The number of β-amino-alcohol motifs (C(OH)–C–C–N with tert-alkyl or cyclic N) is 1. The molecule has 1 aliphatic heterocycles. The van der Waals surface area contributed by atoms with Gasteiger partial charge in [0.1, 0.15) is 41.8 Å². The summed E-state index contributed by atoms with van der Waals surface area (Å²) in [6, 6.07) is 19.0. The Labute approximate surface area is 237 Å². The second-order valence-corrected chi connectivity index (χ2v) is 9.82. The summed E-state index contributed by atoms with van der Waals surface area (Å²) in [5, 5.41) is 26.2. The maximum Gasteiger partial charge on any atom is 0.323 e. The summed E-state index contributed by atoms with van der Waals surface area (Å²) in [6.07, 6.45) is 4.46. The van der Waals surface area contributed by atoms with Crippen LogP contribution in [-0.4, -0.2) is 53.4 Å². The number of urea groups is 1. The maximum absolute atomic E-state index is 13.1. The molecule has 0 saturated carbocycles. The predicted molar refractivity (Wildman–Crippen MR) is 154 cm³/mol. The zero-order valence-corrected chi connectivity index (χ0v) is 22.3. The van der Waals surface area contributed by atoms with Crippen molar-refractivity contribution in [2.24, 2.45) is 0 Å². The SMILES string of the molecule is N#Cc1cc2c(Oc3ccc(NC(=O)Nc4ccc(F)cc4)cc3)ccnc2cc1OC[C@@H](O)CN1CCCCC1. The molecule has 10 heteroatoms. The van der Waals surface area contributed by atoms with Crippen LogP contribution in [0.2, 0.25) is 0 Å². The van der Waals surface area contributed by atoms with Gasteiger partial charge < -0.3 is 30.1 Å². The minimum Gasteiger partial charge on any atom is -0.489 e. The average molecular weight is 556 g/mol. The number of aliphatic hydroxyl groups excluding tert-OH is 1. The molecule has 3 N–H and O–H groups in total. The number of aliphatic hydroxyl groups is 1. The Morgan fingerprint density at radius 1 is 1.00 bits per heavy atom. The van der Waals surface area contributed by atoms with Gasteiger partial charge in [-0.05, 0) is 86.6 Å². The third-order valence-corrected chi connectivity index (χ3v) is 6.71. The van der Waals surface area contributed by atoms with Crippen LogP contribution in [0.4, 0.5) is 20.6 Å². The van der Waals surface area contributed by atoms with Crippen LogP contribution in [0.1, 0.15) is 24.8 Å². The van der Waals surface area contributed by atoms with Crippen molar-refractivity contribution < 1.29 is 23.8 Å². The molecule has 0 aliphatic carbocycles. The number of benzene rings is 3. The third-order valence-electron chi connectivity index (χ3n) is 6.71. The fourth-order valence-corrected chi connectivity index (χ4v) is 4.68. The molecule has 1 fully saturated rings. The first-order chi connectivity index (χ1) is 20.0. The monoisotopic (exact) mass is 555 g/mol. The number of aromatic nitrogens is 1. The van der Waals surface area contributed by atoms with E-state index in [0.29, 0.717) is 51.6 Å². The number of anilines is 2. The third kappa shape index (κ3) is 7.48. The molecule has 0 bridgehead atoms. The molecule has 0 radical (unpaired) electrons. The molecule has 4 aromatic rings. The molecule has 0 spiro atoms. The summed E-state index contributed by atoms with van der Waals surface area (Å²) in [7, 11) is 0. The van der Waals surface area contributed by atoms with E-state index in [-0.39, 0.29) is 12.4 Å². The molecule has 5 rings (SSSR count). The lowest BCUT2D eigenvalue weighted by atomic mass is 10.1. The van der Waals surface area contributed by atoms with Crippen molar-refractivity contribution in [3.05, 3.63) is 84.3 Å². The van der Waals surface area contributed by atoms with Gasteiger partial charge in [0.25, 0.3) is 0 Å². The van der Waals surface area contributed by atoms with Crippen molar-refractivity contribution >= 4 is 28.3 Å². The number of nitrogens with zero attached hydrogens (tertiary/aromatic N) is 3. The fraction of sp³-hybridized carbons (Fsp3) is 0.258. The Morgan fingerprint density at radius 3 is 2.37 bits per heavy atom. The highest BCUT2D eigenvalue weighted by Gasteiger charge is 2.17. The van der Waals surface area contributed by atoms with Crippen molar-refractivity contribution in [1.82, 2.24) is 9.88 Å². The Kier molecular flexibility index (Phi) is 8.89. The van der Waals surface area contributed by atoms with Crippen molar-refractivity contribution in [3.8, 4) is 23.3 Å². The van der Waals surface area contributed by atoms with Crippen LogP contribution in [0.15, 0.2) is 72.9 Å². The van der Waals surface area contributed by atoms with Gasteiger partial charge in [0.05, 0.1) is 11.1 Å². The van der Waals surface area contributed by atoms with E-state index in [9.17, 15) is 19.6 Å². The number of nitriles is 1. The molecule has 1 saturated heterocycles. The van der Waals surface area contributed by atoms with Crippen LogP contribution >= 0.6 is 0 Å². The van der Waals surface area contributed by atoms with E-state index in [0.717, 1.165) is 25.9 Å². The van der Waals surface area contributed by atoms with Crippen molar-refractivity contribution in [2.75, 3.05) is 36.9 Å². The topological polar surface area (TPSA) is 120 Å². The standard InChI is InChI=1S/C31H30FN5O4/c32-22-4-6-23(7-5-22)35-31(39)36-24-8-10-26(11-9-24)41-29-12-13-34-28-17-30(21(18-33)16-27(28)29)40-20-25(38)19-37-14-2-1-3-15-37/h4-13,16-17,25,38H,1-3,14-15,19-20H2,(H2,35,36,39)/t25-/m0/s1. The average Bonchev–Trinajstić information content (AvgIpc) is 2.98. The van der Waals surface area contributed by atoms with Gasteiger partial charge in [-0.25, -0.2) is 9.18 Å². The molecule has 2 heterocycles. The number of amides is 2. The number of halogens is 1. The highest BCUT2D eigenvalue weighted by molar-refractivity contribution is 5.99. The Morgan fingerprint density at radius 2 is 1.68 bits per heavy atom. The number of likely N-dealkylation sites (tertiary alicyclic amines) is 1. The highest BCUT2D eigenvalue weighted by atomic mass is 19.1. The van der Waals surface area contributed by atoms with Crippen LogP contribution in [-0.2, 0) is 0 Å². The van der Waals surface area contributed by atoms with Gasteiger partial charge in [-0.3, -0.25) is 4.98 Å². The fourth-order valence-electron chi connectivity index (χ4n) is 4.68. The quantitative estimate of drug-likeness (QED) is 0.235. The zero-order valence-electron chi connectivity index (χ0n) is 22.3. The van der Waals surface area contributed by atoms with Gasteiger partial charge in [-0.1, -0.05) is 6.42 Å². The lowest BCUT2D eigenvalue weighted by Gasteiger charge is -2.28. The number of hydrogen-bond donors (Lipinski definition) is 3. The summed E-state index contributed by atoms with van der Waals surface area (Å²) < 4.78 is 25.0. The van der Waals surface area contributed by atoms with Crippen molar-refractivity contribution in [3.63, 3.8) is 0 Å². The normalized spacial score (nSPS) is 14.2. The Hall–Kier alpha value is -4.72.